The van der Waals surface area contributed by atoms with Crippen LogP contribution in [-0.4, -0.2) is 62.8 Å². The van der Waals surface area contributed by atoms with Crippen molar-refractivity contribution in [2.45, 2.75) is 32.8 Å². The topological polar surface area (TPSA) is 53.3 Å². The fourth-order valence-electron chi connectivity index (χ4n) is 3.66. The molecule has 1 atom stereocenters. The van der Waals surface area contributed by atoms with Crippen LogP contribution in [0, 0.1) is 5.82 Å². The first-order chi connectivity index (χ1) is 13.6. The van der Waals surface area contributed by atoms with Gasteiger partial charge in [0.2, 0.25) is 0 Å². The van der Waals surface area contributed by atoms with Crippen LogP contribution in [0.25, 0.3) is 0 Å². The summed E-state index contributed by atoms with van der Waals surface area (Å²) < 4.78 is 20.2. The normalized spacial score (nSPS) is 21.0. The summed E-state index contributed by atoms with van der Waals surface area (Å²) >= 11 is 5.24. The molecule has 0 spiro atoms. The van der Waals surface area contributed by atoms with E-state index in [9.17, 15) is 4.39 Å². The predicted octanol–water partition coefficient (Wildman–Crippen LogP) is 0.918. The fraction of sp³-hybridized carbons (Fsp3) is 0.600. The third kappa shape index (κ3) is 5.62. The molecule has 2 aliphatic heterocycles. The first-order valence-electron chi connectivity index (χ1n) is 10.1. The number of likely N-dealkylation sites (N-methyl/N-ethyl adjacent to an activating group) is 1. The number of nitrogens with zero attached hydrogens (tertiary/aromatic N) is 2. The second kappa shape index (κ2) is 10.1. The van der Waals surface area contributed by atoms with Crippen LogP contribution in [0.2, 0.25) is 0 Å². The van der Waals surface area contributed by atoms with Gasteiger partial charge in [-0.05, 0) is 51.0 Å². The Morgan fingerprint density at radius 2 is 2.18 bits per heavy atom. The highest BCUT2D eigenvalue weighted by atomic mass is 32.1. The number of piperazine rings is 1. The maximum absolute atomic E-state index is 14.7. The van der Waals surface area contributed by atoms with E-state index in [1.165, 1.54) is 0 Å². The van der Waals surface area contributed by atoms with E-state index in [2.05, 4.69) is 27.7 Å². The van der Waals surface area contributed by atoms with E-state index in [4.69, 9.17) is 17.0 Å². The number of rotatable bonds is 6. The van der Waals surface area contributed by atoms with E-state index < -0.39 is 0 Å². The quantitative estimate of drug-likeness (QED) is 0.371. The molecule has 28 heavy (non-hydrogen) atoms. The molecule has 1 aromatic carbocycles. The zero-order valence-electron chi connectivity index (χ0n) is 16.8. The van der Waals surface area contributed by atoms with E-state index in [0.29, 0.717) is 23.1 Å². The zero-order valence-corrected chi connectivity index (χ0v) is 17.6. The highest BCUT2D eigenvalue weighted by molar-refractivity contribution is 7.80. The lowest BCUT2D eigenvalue weighted by Gasteiger charge is -2.33. The van der Waals surface area contributed by atoms with Gasteiger partial charge in [-0.15, -0.1) is 0 Å². The summed E-state index contributed by atoms with van der Waals surface area (Å²) in [6, 6.07) is 5.33. The molecule has 1 aromatic rings. The first kappa shape index (κ1) is 21.0. The van der Waals surface area contributed by atoms with Crippen LogP contribution in [0.5, 0.6) is 0 Å². The Bertz CT molecular complexity index is 700. The molecule has 3 rings (SSSR count). The summed E-state index contributed by atoms with van der Waals surface area (Å²) in [7, 11) is 0. The second-order valence-corrected chi connectivity index (χ2v) is 7.82. The number of thiocarbonyl (C=S) groups is 1. The number of benzene rings is 1. The third-order valence-electron chi connectivity index (χ3n) is 5.52. The summed E-state index contributed by atoms with van der Waals surface area (Å²) in [6.07, 6.45) is 2.37. The van der Waals surface area contributed by atoms with Gasteiger partial charge in [0.05, 0.1) is 50.2 Å². The molecule has 2 saturated heterocycles. The Hall–Kier alpha value is -1.77. The maximum Gasteiger partial charge on any atom is 0.187 e. The van der Waals surface area contributed by atoms with E-state index in [0.717, 1.165) is 57.7 Å². The molecular weight excluding hydrogens is 377 g/mol. The molecule has 0 bridgehead atoms. The molecule has 154 valence electrons. The number of hydrogen-bond acceptors (Lipinski definition) is 4. The van der Waals surface area contributed by atoms with Gasteiger partial charge in [-0.3, -0.25) is 5.43 Å². The van der Waals surface area contributed by atoms with Crippen molar-refractivity contribution in [3.63, 3.8) is 0 Å². The highest BCUT2D eigenvalue weighted by Crippen LogP contribution is 2.21. The van der Waals surface area contributed by atoms with Crippen molar-refractivity contribution in [1.29, 1.82) is 0 Å². The Balaban J connectivity index is 1.53. The minimum absolute atomic E-state index is 0.203. The lowest BCUT2D eigenvalue weighted by atomic mass is 10.1. The molecule has 6 nitrogen and oxygen atoms in total. The number of hydrazone groups is 1. The van der Waals surface area contributed by atoms with Crippen LogP contribution in [-0.2, 0) is 4.74 Å². The molecule has 2 fully saturated rings. The van der Waals surface area contributed by atoms with E-state index in [1.807, 2.05) is 19.1 Å². The van der Waals surface area contributed by atoms with Gasteiger partial charge in [0, 0.05) is 18.7 Å². The van der Waals surface area contributed by atoms with E-state index in [1.54, 1.807) is 11.0 Å². The van der Waals surface area contributed by atoms with E-state index in [-0.39, 0.29) is 11.9 Å². The summed E-state index contributed by atoms with van der Waals surface area (Å²) in [5.41, 5.74) is 4.94. The average Bonchev–Trinajstić information content (AvgIpc) is 3.24. The fourth-order valence-corrected chi connectivity index (χ4v) is 3.79. The predicted molar refractivity (Wildman–Crippen MR) is 115 cm³/mol. The number of anilines is 1. The van der Waals surface area contributed by atoms with E-state index >= 15 is 0 Å². The molecule has 8 heteroatoms. The summed E-state index contributed by atoms with van der Waals surface area (Å²) in [5.74, 6) is -0.203. The van der Waals surface area contributed by atoms with Crippen molar-refractivity contribution < 1.29 is 14.0 Å². The molecule has 3 N–H and O–H groups in total. The second-order valence-electron chi connectivity index (χ2n) is 7.41. The zero-order chi connectivity index (χ0) is 19.9. The monoisotopic (exact) mass is 408 g/mol. The number of halogens is 1. The van der Waals surface area contributed by atoms with Crippen LogP contribution in [0.4, 0.5) is 10.1 Å². The molecular formula is C20H31FN5OS+. The van der Waals surface area contributed by atoms with Gasteiger partial charge in [0.25, 0.3) is 0 Å². The van der Waals surface area contributed by atoms with Crippen LogP contribution >= 0.6 is 12.2 Å². The Kier molecular flexibility index (Phi) is 7.58. The minimum atomic E-state index is -0.203. The van der Waals surface area contributed by atoms with Crippen molar-refractivity contribution in [2.24, 2.45) is 5.10 Å². The number of ether oxygens (including phenoxy) is 1. The number of hydrogen-bond donors (Lipinski definition) is 3. The average molecular weight is 409 g/mol. The maximum atomic E-state index is 14.7. The largest absolute Gasteiger partial charge is 0.376 e. The van der Waals surface area contributed by atoms with Crippen molar-refractivity contribution in [2.75, 3.05) is 50.8 Å². The molecule has 0 aliphatic carbocycles. The van der Waals surface area contributed by atoms with Gasteiger partial charge in [0.1, 0.15) is 5.82 Å². The smallest absolute Gasteiger partial charge is 0.187 e. The van der Waals surface area contributed by atoms with Crippen molar-refractivity contribution in [3.8, 4) is 0 Å². The standard InChI is InChI=1S/C20H30FN5OS/c1-3-25-8-10-26(11-9-25)19-7-6-16(13-18(19)21)15(2)23-24-20(28)22-14-17-5-4-12-27-17/h6-7,13,17H,3-5,8-12,14H2,1-2H3,(H2,22,24,28)/p+1/b23-15-/t17-/m0/s1. The molecule has 2 heterocycles. The Morgan fingerprint density at radius 3 is 2.82 bits per heavy atom. The van der Waals surface area contributed by atoms with Gasteiger partial charge < -0.3 is 19.9 Å². The van der Waals surface area contributed by atoms with Gasteiger partial charge in [-0.2, -0.15) is 5.10 Å². The van der Waals surface area contributed by atoms with Crippen LogP contribution in [0.3, 0.4) is 0 Å². The van der Waals surface area contributed by atoms with Gasteiger partial charge in [-0.25, -0.2) is 4.39 Å². The van der Waals surface area contributed by atoms with Crippen molar-refractivity contribution in [3.05, 3.63) is 29.6 Å². The highest BCUT2D eigenvalue weighted by Gasteiger charge is 2.21. The summed E-state index contributed by atoms with van der Waals surface area (Å²) in [5, 5.41) is 7.84. The molecule has 2 aliphatic rings. The Labute approximate surface area is 172 Å². The van der Waals surface area contributed by atoms with Crippen LogP contribution in [0.15, 0.2) is 23.3 Å². The third-order valence-corrected chi connectivity index (χ3v) is 5.75. The summed E-state index contributed by atoms with van der Waals surface area (Å²) in [4.78, 5) is 3.71. The first-order valence-corrected chi connectivity index (χ1v) is 10.6. The van der Waals surface area contributed by atoms with Crippen molar-refractivity contribution >= 4 is 28.7 Å². The lowest BCUT2D eigenvalue weighted by molar-refractivity contribution is -0.898. The van der Waals surface area contributed by atoms with Gasteiger partial charge in [-0.1, -0.05) is 6.07 Å². The SMILES string of the molecule is CC[NH+]1CCN(c2ccc(/C(C)=N\NC(=S)NC[C@@H]3CCCO3)cc2F)CC1. The van der Waals surface area contributed by atoms with Gasteiger partial charge >= 0.3 is 0 Å². The Morgan fingerprint density at radius 1 is 1.39 bits per heavy atom. The van der Waals surface area contributed by atoms with Gasteiger partial charge in [0.15, 0.2) is 5.11 Å². The molecule has 0 radical (unpaired) electrons. The summed E-state index contributed by atoms with van der Waals surface area (Å²) in [6.45, 7) is 10.5. The number of quaternary nitrogens is 1. The van der Waals surface area contributed by atoms with Crippen LogP contribution < -0.4 is 20.5 Å². The minimum Gasteiger partial charge on any atom is -0.376 e. The molecule has 0 aromatic heterocycles. The number of nitrogens with one attached hydrogen (secondary N) is 3. The molecule has 0 saturated carbocycles. The molecule has 0 amide bonds. The van der Waals surface area contributed by atoms with Crippen molar-refractivity contribution in [1.82, 2.24) is 10.7 Å². The van der Waals surface area contributed by atoms with Crippen LogP contribution in [0.1, 0.15) is 32.3 Å². The lowest BCUT2D eigenvalue weighted by Crippen LogP contribution is -3.14. The molecule has 0 unspecified atom stereocenters.